The van der Waals surface area contributed by atoms with Crippen LogP contribution in [0, 0.1) is 5.82 Å². The molecule has 3 heteroatoms. The lowest BCUT2D eigenvalue weighted by Gasteiger charge is -2.22. The van der Waals surface area contributed by atoms with Crippen molar-refractivity contribution in [1.82, 2.24) is 4.98 Å². The number of rotatable bonds is 3. The Labute approximate surface area is 168 Å². The molecular formula is C24H23BrFN. The number of pyridine rings is 1. The fourth-order valence-electron chi connectivity index (χ4n) is 4.15. The van der Waals surface area contributed by atoms with E-state index in [0.29, 0.717) is 5.92 Å². The quantitative estimate of drug-likeness (QED) is 0.410. The van der Waals surface area contributed by atoms with Gasteiger partial charge in [0.15, 0.2) is 0 Å². The Kier molecular flexibility index (Phi) is 5.14. The summed E-state index contributed by atoms with van der Waals surface area (Å²) >= 11 is 3.70. The number of hydrogen-bond acceptors (Lipinski definition) is 1. The number of benzene rings is 2. The molecular weight excluding hydrogens is 401 g/mol. The number of aryl methyl sites for hydroxylation is 1. The summed E-state index contributed by atoms with van der Waals surface area (Å²) in [5.74, 6) is 0.117. The fourth-order valence-corrected chi connectivity index (χ4v) is 4.72. The zero-order chi connectivity index (χ0) is 19.0. The summed E-state index contributed by atoms with van der Waals surface area (Å²) in [6.45, 7) is 4.38. The lowest BCUT2D eigenvalue weighted by molar-refractivity contribution is 0.628. The van der Waals surface area contributed by atoms with E-state index in [1.807, 2.05) is 12.1 Å². The van der Waals surface area contributed by atoms with Gasteiger partial charge < -0.3 is 0 Å². The Morgan fingerprint density at radius 2 is 1.78 bits per heavy atom. The van der Waals surface area contributed by atoms with Crippen molar-refractivity contribution in [2.24, 2.45) is 0 Å². The zero-order valence-corrected chi connectivity index (χ0v) is 17.3. The second-order valence-electron chi connectivity index (χ2n) is 7.48. The van der Waals surface area contributed by atoms with E-state index in [2.05, 4.69) is 54.0 Å². The highest BCUT2D eigenvalue weighted by atomic mass is 79.9. The van der Waals surface area contributed by atoms with Crippen molar-refractivity contribution in [3.63, 3.8) is 0 Å². The number of halogens is 2. The van der Waals surface area contributed by atoms with Gasteiger partial charge in [0.05, 0.1) is 5.69 Å². The predicted octanol–water partition coefficient (Wildman–Crippen LogP) is 7.06. The number of hydrogen-bond donors (Lipinski definition) is 0. The third-order valence-electron chi connectivity index (χ3n) is 5.39. The van der Waals surface area contributed by atoms with Crippen molar-refractivity contribution in [1.29, 1.82) is 0 Å². The maximum atomic E-state index is 13.6. The van der Waals surface area contributed by atoms with Crippen LogP contribution in [0.3, 0.4) is 0 Å². The van der Waals surface area contributed by atoms with E-state index in [1.54, 1.807) is 12.1 Å². The van der Waals surface area contributed by atoms with Gasteiger partial charge in [0.25, 0.3) is 0 Å². The van der Waals surface area contributed by atoms with Gasteiger partial charge in [-0.2, -0.15) is 0 Å². The number of fused-ring (bicyclic) bond motifs is 3. The maximum absolute atomic E-state index is 13.6. The molecule has 0 fully saturated rings. The van der Waals surface area contributed by atoms with Crippen molar-refractivity contribution in [3.8, 4) is 22.4 Å². The largest absolute Gasteiger partial charge is 0.252 e. The van der Waals surface area contributed by atoms with Gasteiger partial charge in [0.1, 0.15) is 5.82 Å². The van der Waals surface area contributed by atoms with Crippen LogP contribution in [-0.2, 0) is 18.2 Å². The number of alkyl halides is 1. The predicted molar refractivity (Wildman–Crippen MR) is 114 cm³/mol. The minimum absolute atomic E-state index is 0.200. The van der Waals surface area contributed by atoms with Gasteiger partial charge in [-0.15, -0.1) is 0 Å². The molecule has 0 N–H and O–H groups in total. The van der Waals surface area contributed by atoms with Crippen LogP contribution in [-0.4, -0.2) is 4.98 Å². The van der Waals surface area contributed by atoms with Gasteiger partial charge in [-0.1, -0.05) is 66.2 Å². The molecule has 4 rings (SSSR count). The Hall–Kier alpha value is -2.00. The average molecular weight is 424 g/mol. The third-order valence-corrected chi connectivity index (χ3v) is 5.95. The van der Waals surface area contributed by atoms with Crippen LogP contribution in [0.1, 0.15) is 48.6 Å². The summed E-state index contributed by atoms with van der Waals surface area (Å²) in [7, 11) is 0. The van der Waals surface area contributed by atoms with Gasteiger partial charge in [0.2, 0.25) is 0 Å². The number of nitrogens with zero attached hydrogens (tertiary/aromatic N) is 1. The molecule has 0 aliphatic heterocycles. The Morgan fingerprint density at radius 1 is 1.04 bits per heavy atom. The molecule has 1 nitrogen and oxygen atoms in total. The third kappa shape index (κ3) is 3.34. The molecule has 138 valence electrons. The van der Waals surface area contributed by atoms with E-state index < -0.39 is 0 Å². The molecule has 0 saturated heterocycles. The highest BCUT2D eigenvalue weighted by molar-refractivity contribution is 9.08. The first-order valence-electron chi connectivity index (χ1n) is 9.56. The Balaban J connectivity index is 2.09. The summed E-state index contributed by atoms with van der Waals surface area (Å²) in [5, 5.41) is 0.745. The SMILES string of the molecule is CC(C)c1nc2c(c(-c3ccc(F)cc3)c1CBr)CCCc1ccccc1-2. The Morgan fingerprint density at radius 3 is 2.48 bits per heavy atom. The summed E-state index contributed by atoms with van der Waals surface area (Å²) in [6.07, 6.45) is 3.15. The molecule has 0 radical (unpaired) electrons. The van der Waals surface area contributed by atoms with Crippen molar-refractivity contribution in [3.05, 3.63) is 76.7 Å². The lowest BCUT2D eigenvalue weighted by Crippen LogP contribution is -2.08. The molecule has 27 heavy (non-hydrogen) atoms. The first-order valence-corrected chi connectivity index (χ1v) is 10.7. The van der Waals surface area contributed by atoms with Gasteiger partial charge in [-0.25, -0.2) is 4.39 Å². The minimum atomic E-state index is -0.200. The topological polar surface area (TPSA) is 12.9 Å². The summed E-state index contributed by atoms with van der Waals surface area (Å²) in [4.78, 5) is 5.18. The van der Waals surface area contributed by atoms with E-state index >= 15 is 0 Å². The molecule has 1 heterocycles. The normalized spacial score (nSPS) is 13.2. The van der Waals surface area contributed by atoms with Crippen LogP contribution >= 0.6 is 15.9 Å². The average Bonchev–Trinajstić information content (AvgIpc) is 2.86. The van der Waals surface area contributed by atoms with Crippen LogP contribution in [0.25, 0.3) is 22.4 Å². The van der Waals surface area contributed by atoms with Gasteiger partial charge in [-0.3, -0.25) is 4.98 Å². The second kappa shape index (κ2) is 7.55. The van der Waals surface area contributed by atoms with E-state index in [1.165, 1.54) is 27.8 Å². The van der Waals surface area contributed by atoms with Crippen LogP contribution in [0.5, 0.6) is 0 Å². The van der Waals surface area contributed by atoms with Crippen LogP contribution in [0.2, 0.25) is 0 Å². The van der Waals surface area contributed by atoms with E-state index in [-0.39, 0.29) is 5.82 Å². The van der Waals surface area contributed by atoms with Crippen molar-refractivity contribution >= 4 is 15.9 Å². The molecule has 3 aromatic rings. The van der Waals surface area contributed by atoms with Crippen LogP contribution in [0.15, 0.2) is 48.5 Å². The van der Waals surface area contributed by atoms with Crippen LogP contribution in [0.4, 0.5) is 4.39 Å². The summed E-state index contributed by atoms with van der Waals surface area (Å²) < 4.78 is 13.6. The van der Waals surface area contributed by atoms with Crippen molar-refractivity contribution < 1.29 is 4.39 Å². The molecule has 0 saturated carbocycles. The molecule has 1 aliphatic carbocycles. The summed E-state index contributed by atoms with van der Waals surface area (Å²) in [6, 6.07) is 15.5. The minimum Gasteiger partial charge on any atom is -0.252 e. The molecule has 0 unspecified atom stereocenters. The molecule has 0 bridgehead atoms. The molecule has 0 amide bonds. The number of aromatic nitrogens is 1. The Bertz CT molecular complexity index is 976. The molecule has 0 atom stereocenters. The highest BCUT2D eigenvalue weighted by Crippen LogP contribution is 2.41. The fraction of sp³-hybridized carbons (Fsp3) is 0.292. The van der Waals surface area contributed by atoms with Crippen molar-refractivity contribution in [2.45, 2.75) is 44.4 Å². The molecule has 2 aromatic carbocycles. The smallest absolute Gasteiger partial charge is 0.123 e. The molecule has 0 spiro atoms. The second-order valence-corrected chi connectivity index (χ2v) is 8.04. The maximum Gasteiger partial charge on any atom is 0.123 e. The standard InChI is InChI=1S/C24H23BrFN/c1-15(2)23-21(14-25)22(17-10-12-18(26)13-11-17)20-9-5-7-16-6-3-4-8-19(16)24(20)27-23/h3-4,6,8,10-13,15H,5,7,9,14H2,1-2H3. The zero-order valence-electron chi connectivity index (χ0n) is 15.7. The molecule has 1 aliphatic rings. The monoisotopic (exact) mass is 423 g/mol. The first-order chi connectivity index (χ1) is 13.1. The van der Waals surface area contributed by atoms with E-state index in [0.717, 1.165) is 41.5 Å². The van der Waals surface area contributed by atoms with Crippen LogP contribution < -0.4 is 0 Å². The van der Waals surface area contributed by atoms with E-state index in [9.17, 15) is 4.39 Å². The van der Waals surface area contributed by atoms with Crippen molar-refractivity contribution in [2.75, 3.05) is 0 Å². The van der Waals surface area contributed by atoms with Gasteiger partial charge >= 0.3 is 0 Å². The lowest BCUT2D eigenvalue weighted by atomic mass is 9.87. The van der Waals surface area contributed by atoms with Gasteiger partial charge in [0, 0.05) is 16.6 Å². The first kappa shape index (κ1) is 18.4. The van der Waals surface area contributed by atoms with E-state index in [4.69, 9.17) is 4.98 Å². The molecule has 1 aromatic heterocycles. The van der Waals surface area contributed by atoms with Gasteiger partial charge in [-0.05, 0) is 65.1 Å². The highest BCUT2D eigenvalue weighted by Gasteiger charge is 2.25. The summed E-state index contributed by atoms with van der Waals surface area (Å²) in [5.41, 5.74) is 9.69.